The van der Waals surface area contributed by atoms with E-state index in [1.165, 1.54) is 28.6 Å². The molecule has 0 aromatic carbocycles. The third-order valence-electron chi connectivity index (χ3n) is 4.53. The van der Waals surface area contributed by atoms with Crippen molar-refractivity contribution in [1.29, 1.82) is 0 Å². The smallest absolute Gasteiger partial charge is 0.260 e. The Hall–Kier alpha value is -1.64. The molecule has 4 rings (SSSR count). The number of carbonyl (C=O) groups is 1. The minimum Gasteiger partial charge on any atom is -0.340 e. The van der Waals surface area contributed by atoms with E-state index in [4.69, 9.17) is 0 Å². The molecule has 5 nitrogen and oxygen atoms in total. The Kier molecular flexibility index (Phi) is 5.15. The lowest BCUT2D eigenvalue weighted by molar-refractivity contribution is -0.127. The summed E-state index contributed by atoms with van der Waals surface area (Å²) in [6, 6.07) is 4.00. The highest BCUT2D eigenvalue weighted by atomic mass is 32.2. The summed E-state index contributed by atoms with van der Waals surface area (Å²) >= 11 is 4.57. The largest absolute Gasteiger partial charge is 0.340 e. The minimum atomic E-state index is -0.0729. The Morgan fingerprint density at radius 3 is 3.04 bits per heavy atom. The van der Waals surface area contributed by atoms with Gasteiger partial charge >= 0.3 is 0 Å². The molecule has 0 spiro atoms. The van der Waals surface area contributed by atoms with Crippen molar-refractivity contribution in [1.82, 2.24) is 14.9 Å². The zero-order chi connectivity index (χ0) is 18.1. The molecule has 3 heterocycles. The van der Waals surface area contributed by atoms with E-state index in [2.05, 4.69) is 9.97 Å². The van der Waals surface area contributed by atoms with Crippen LogP contribution in [0.25, 0.3) is 10.2 Å². The molecule has 1 N–H and O–H groups in total. The van der Waals surface area contributed by atoms with Gasteiger partial charge in [-0.3, -0.25) is 9.59 Å². The first kappa shape index (κ1) is 17.8. The van der Waals surface area contributed by atoms with Gasteiger partial charge in [-0.1, -0.05) is 17.8 Å². The van der Waals surface area contributed by atoms with Gasteiger partial charge in [-0.05, 0) is 42.7 Å². The molecule has 26 heavy (non-hydrogen) atoms. The SMILES string of the molecule is CN(Cc1cccs1)C(=O)CSc1nc2sc3c(c2c(=O)[nH]1)CCCC3. The van der Waals surface area contributed by atoms with E-state index >= 15 is 0 Å². The van der Waals surface area contributed by atoms with Crippen LogP contribution < -0.4 is 5.56 Å². The molecule has 0 saturated heterocycles. The molecule has 8 heteroatoms. The van der Waals surface area contributed by atoms with E-state index in [1.807, 2.05) is 17.5 Å². The Balaban J connectivity index is 1.47. The third-order valence-corrected chi connectivity index (χ3v) is 7.44. The van der Waals surface area contributed by atoms with Crippen molar-refractivity contribution in [3.8, 4) is 0 Å². The maximum absolute atomic E-state index is 12.5. The molecule has 1 aliphatic carbocycles. The summed E-state index contributed by atoms with van der Waals surface area (Å²) in [6.07, 6.45) is 4.34. The average molecular weight is 406 g/mol. The quantitative estimate of drug-likeness (QED) is 0.519. The number of amides is 1. The summed E-state index contributed by atoms with van der Waals surface area (Å²) in [6.45, 7) is 0.609. The van der Waals surface area contributed by atoms with Crippen molar-refractivity contribution >= 4 is 50.6 Å². The van der Waals surface area contributed by atoms with E-state index in [1.54, 1.807) is 34.6 Å². The van der Waals surface area contributed by atoms with Gasteiger partial charge < -0.3 is 9.88 Å². The molecule has 0 unspecified atom stereocenters. The number of hydrogen-bond donors (Lipinski definition) is 1. The molecule has 0 fully saturated rings. The fourth-order valence-electron chi connectivity index (χ4n) is 3.18. The maximum Gasteiger partial charge on any atom is 0.260 e. The normalized spacial score (nSPS) is 13.7. The number of nitrogens with one attached hydrogen (secondary N) is 1. The lowest BCUT2D eigenvalue weighted by atomic mass is 9.97. The average Bonchev–Trinajstić information content (AvgIpc) is 3.26. The van der Waals surface area contributed by atoms with Crippen LogP contribution in [-0.4, -0.2) is 33.6 Å². The molecular weight excluding hydrogens is 386 g/mol. The van der Waals surface area contributed by atoms with E-state index in [0.717, 1.165) is 34.4 Å². The number of H-pyrrole nitrogens is 1. The van der Waals surface area contributed by atoms with E-state index in [0.29, 0.717) is 11.7 Å². The molecule has 0 saturated carbocycles. The van der Waals surface area contributed by atoms with Crippen LogP contribution in [0, 0.1) is 0 Å². The fraction of sp³-hybridized carbons (Fsp3) is 0.389. The molecule has 0 radical (unpaired) electrons. The van der Waals surface area contributed by atoms with Gasteiger partial charge in [0.1, 0.15) is 4.83 Å². The van der Waals surface area contributed by atoms with Crippen molar-refractivity contribution in [3.63, 3.8) is 0 Å². The van der Waals surface area contributed by atoms with E-state index in [-0.39, 0.29) is 17.2 Å². The maximum atomic E-state index is 12.5. The Morgan fingerprint density at radius 1 is 1.38 bits per heavy atom. The number of nitrogens with zero attached hydrogens (tertiary/aromatic N) is 2. The summed E-state index contributed by atoms with van der Waals surface area (Å²) in [5, 5.41) is 3.29. The Morgan fingerprint density at radius 2 is 2.23 bits per heavy atom. The number of aromatic nitrogens is 2. The standard InChI is InChI=1S/C18H19N3O2S3/c1-21(9-11-5-4-8-24-11)14(22)10-25-18-19-16(23)15-12-6-2-3-7-13(12)26-17(15)20-18/h4-5,8H,2-3,6-7,9-10H2,1H3,(H,19,20,23). The van der Waals surface area contributed by atoms with Crippen LogP contribution in [0.15, 0.2) is 27.5 Å². The summed E-state index contributed by atoms with van der Waals surface area (Å²) in [5.41, 5.74) is 1.12. The topological polar surface area (TPSA) is 66.1 Å². The predicted octanol–water partition coefficient (Wildman–Crippen LogP) is 3.68. The first-order chi connectivity index (χ1) is 12.6. The van der Waals surface area contributed by atoms with Gasteiger partial charge in [0.05, 0.1) is 17.7 Å². The van der Waals surface area contributed by atoms with E-state index < -0.39 is 0 Å². The lowest BCUT2D eigenvalue weighted by Crippen LogP contribution is -2.27. The lowest BCUT2D eigenvalue weighted by Gasteiger charge is -2.15. The van der Waals surface area contributed by atoms with Gasteiger partial charge in [-0.15, -0.1) is 22.7 Å². The van der Waals surface area contributed by atoms with Gasteiger partial charge in [0.2, 0.25) is 5.91 Å². The number of carbonyl (C=O) groups excluding carboxylic acids is 1. The van der Waals surface area contributed by atoms with Gasteiger partial charge in [-0.25, -0.2) is 4.98 Å². The van der Waals surface area contributed by atoms with Crippen LogP contribution in [0.2, 0.25) is 0 Å². The number of aryl methyl sites for hydroxylation is 2. The first-order valence-corrected chi connectivity index (χ1v) is 11.2. The van der Waals surface area contributed by atoms with Crippen LogP contribution in [-0.2, 0) is 24.2 Å². The highest BCUT2D eigenvalue weighted by Gasteiger charge is 2.20. The number of thioether (sulfide) groups is 1. The summed E-state index contributed by atoms with van der Waals surface area (Å²) < 4.78 is 0. The third kappa shape index (κ3) is 3.58. The van der Waals surface area contributed by atoms with Crippen LogP contribution in [0.5, 0.6) is 0 Å². The van der Waals surface area contributed by atoms with Crippen molar-refractivity contribution in [2.75, 3.05) is 12.8 Å². The van der Waals surface area contributed by atoms with Gasteiger partial charge in [0.25, 0.3) is 5.56 Å². The summed E-state index contributed by atoms with van der Waals surface area (Å²) in [7, 11) is 1.80. The molecule has 0 aliphatic heterocycles. The second kappa shape index (κ2) is 7.54. The van der Waals surface area contributed by atoms with Crippen molar-refractivity contribution < 1.29 is 4.79 Å². The zero-order valence-corrected chi connectivity index (χ0v) is 16.9. The Bertz CT molecular complexity index is 991. The van der Waals surface area contributed by atoms with Crippen LogP contribution in [0.3, 0.4) is 0 Å². The van der Waals surface area contributed by atoms with Gasteiger partial charge in [-0.2, -0.15) is 0 Å². The Labute approximate surface area is 163 Å². The molecule has 1 aliphatic rings. The second-order valence-electron chi connectivity index (χ2n) is 6.38. The molecule has 0 atom stereocenters. The van der Waals surface area contributed by atoms with E-state index in [9.17, 15) is 9.59 Å². The highest BCUT2D eigenvalue weighted by molar-refractivity contribution is 7.99. The molecule has 0 bridgehead atoms. The highest BCUT2D eigenvalue weighted by Crippen LogP contribution is 2.34. The molecule has 136 valence electrons. The monoisotopic (exact) mass is 405 g/mol. The molecule has 3 aromatic rings. The number of rotatable bonds is 5. The number of aromatic amines is 1. The second-order valence-corrected chi connectivity index (χ2v) is 9.46. The molecule has 3 aromatic heterocycles. The van der Waals surface area contributed by atoms with Gasteiger partial charge in [0.15, 0.2) is 5.16 Å². The van der Waals surface area contributed by atoms with Crippen LogP contribution in [0.4, 0.5) is 0 Å². The number of thiophene rings is 2. The predicted molar refractivity (Wildman–Crippen MR) is 108 cm³/mol. The molecule has 1 amide bonds. The van der Waals surface area contributed by atoms with Crippen molar-refractivity contribution in [3.05, 3.63) is 43.2 Å². The van der Waals surface area contributed by atoms with Crippen molar-refractivity contribution in [2.45, 2.75) is 37.4 Å². The minimum absolute atomic E-state index is 0.0246. The summed E-state index contributed by atoms with van der Waals surface area (Å²) in [4.78, 5) is 37.3. The first-order valence-electron chi connectivity index (χ1n) is 8.55. The zero-order valence-electron chi connectivity index (χ0n) is 14.4. The van der Waals surface area contributed by atoms with Gasteiger partial charge in [0, 0.05) is 16.8 Å². The molecular formula is C18H19N3O2S3. The fourth-order valence-corrected chi connectivity index (χ4v) is 6.06. The summed E-state index contributed by atoms with van der Waals surface area (Å²) in [5.74, 6) is 0.290. The van der Waals surface area contributed by atoms with Crippen LogP contribution >= 0.6 is 34.4 Å². The van der Waals surface area contributed by atoms with Crippen LogP contribution in [0.1, 0.15) is 28.2 Å². The van der Waals surface area contributed by atoms with Crippen molar-refractivity contribution in [2.24, 2.45) is 0 Å². The number of fused-ring (bicyclic) bond motifs is 3. The number of hydrogen-bond acceptors (Lipinski definition) is 6.